The Morgan fingerprint density at radius 1 is 1.38 bits per heavy atom. The summed E-state index contributed by atoms with van der Waals surface area (Å²) in [6.07, 6.45) is -1.39. The van der Waals surface area contributed by atoms with Crippen molar-refractivity contribution in [1.82, 2.24) is 0 Å². The number of rotatable bonds is 2. The molecule has 1 aromatic carbocycles. The van der Waals surface area contributed by atoms with Crippen molar-refractivity contribution in [2.24, 2.45) is 0 Å². The molecule has 0 aliphatic rings. The number of hydrogen-bond donors (Lipinski definition) is 0. The van der Waals surface area contributed by atoms with E-state index in [9.17, 15) is 18.0 Å². The maximum absolute atomic E-state index is 12.9. The largest absolute Gasteiger partial charge is 0.298 e. The van der Waals surface area contributed by atoms with Gasteiger partial charge in [-0.1, -0.05) is 0 Å². The predicted molar refractivity (Wildman–Crippen MR) is 41.3 cm³/mol. The van der Waals surface area contributed by atoms with E-state index in [1.165, 1.54) is 0 Å². The molecule has 0 radical (unpaired) electrons. The third-order valence-electron chi connectivity index (χ3n) is 1.65. The van der Waals surface area contributed by atoms with Crippen molar-refractivity contribution < 1.29 is 18.0 Å². The lowest BCUT2D eigenvalue weighted by atomic mass is 10.0. The quantitative estimate of drug-likeness (QED) is 0.652. The second-order valence-electron chi connectivity index (χ2n) is 2.62. The molecule has 0 spiro atoms. The lowest BCUT2D eigenvalue weighted by molar-refractivity contribution is 0.111. The Kier molecular flexibility index (Phi) is 2.70. The molecule has 0 N–H and O–H groups in total. The minimum atomic E-state index is -1.62. The Balaban J connectivity index is 3.38. The lowest BCUT2D eigenvalue weighted by Crippen LogP contribution is -1.99. The van der Waals surface area contributed by atoms with E-state index in [4.69, 9.17) is 0 Å². The molecule has 0 saturated heterocycles. The van der Waals surface area contributed by atoms with E-state index in [0.29, 0.717) is 6.07 Å². The Bertz CT molecular complexity index is 334. The summed E-state index contributed by atoms with van der Waals surface area (Å²) in [6.45, 7) is 1.09. The fourth-order valence-corrected chi connectivity index (χ4v) is 1.12. The van der Waals surface area contributed by atoms with Crippen molar-refractivity contribution in [3.8, 4) is 0 Å². The number of aldehydes is 1. The Morgan fingerprint density at radius 3 is 2.46 bits per heavy atom. The summed E-state index contributed by atoms with van der Waals surface area (Å²) in [5, 5.41) is 0. The van der Waals surface area contributed by atoms with Crippen molar-refractivity contribution in [1.29, 1.82) is 0 Å². The topological polar surface area (TPSA) is 17.1 Å². The van der Waals surface area contributed by atoms with E-state index < -0.39 is 23.4 Å². The first-order valence-corrected chi connectivity index (χ1v) is 3.64. The normalized spacial score (nSPS) is 12.6. The molecule has 4 heteroatoms. The van der Waals surface area contributed by atoms with Crippen LogP contribution in [-0.4, -0.2) is 6.29 Å². The van der Waals surface area contributed by atoms with Crippen molar-refractivity contribution >= 4 is 6.29 Å². The van der Waals surface area contributed by atoms with Gasteiger partial charge in [-0.15, -0.1) is 0 Å². The van der Waals surface area contributed by atoms with Gasteiger partial charge in [-0.2, -0.15) is 0 Å². The van der Waals surface area contributed by atoms with Crippen LogP contribution in [0.4, 0.5) is 13.2 Å². The minimum Gasteiger partial charge on any atom is -0.298 e. The second kappa shape index (κ2) is 3.60. The van der Waals surface area contributed by atoms with Crippen LogP contribution in [0.25, 0.3) is 0 Å². The molecule has 0 saturated carbocycles. The highest BCUT2D eigenvalue weighted by atomic mass is 19.1. The second-order valence-corrected chi connectivity index (χ2v) is 2.62. The fourth-order valence-electron chi connectivity index (χ4n) is 1.12. The number of alkyl halides is 1. The third-order valence-corrected chi connectivity index (χ3v) is 1.65. The monoisotopic (exact) mass is 188 g/mol. The highest BCUT2D eigenvalue weighted by molar-refractivity contribution is 5.77. The van der Waals surface area contributed by atoms with Crippen LogP contribution in [0.3, 0.4) is 0 Å². The maximum Gasteiger partial charge on any atom is 0.150 e. The van der Waals surface area contributed by atoms with Gasteiger partial charge in [0, 0.05) is 17.2 Å². The van der Waals surface area contributed by atoms with Gasteiger partial charge in [0.05, 0.1) is 0 Å². The van der Waals surface area contributed by atoms with Gasteiger partial charge < -0.3 is 0 Å². The molecular formula is C9H7F3O. The molecule has 0 amide bonds. The molecule has 0 aromatic heterocycles. The smallest absolute Gasteiger partial charge is 0.150 e. The van der Waals surface area contributed by atoms with Crippen LogP contribution in [-0.2, 0) is 0 Å². The number of carbonyl (C=O) groups excluding carboxylic acids is 1. The number of halogens is 3. The summed E-state index contributed by atoms with van der Waals surface area (Å²) in [7, 11) is 0. The van der Waals surface area contributed by atoms with Crippen molar-refractivity contribution in [2.75, 3.05) is 0 Å². The Morgan fingerprint density at radius 2 is 2.00 bits per heavy atom. The summed E-state index contributed by atoms with van der Waals surface area (Å²) >= 11 is 0. The summed E-state index contributed by atoms with van der Waals surface area (Å²) in [4.78, 5) is 10.3. The molecule has 0 heterocycles. The summed E-state index contributed by atoms with van der Waals surface area (Å²) < 4.78 is 38.2. The highest BCUT2D eigenvalue weighted by Crippen LogP contribution is 2.24. The molecule has 13 heavy (non-hydrogen) atoms. The first-order chi connectivity index (χ1) is 6.06. The average Bonchev–Trinajstić information content (AvgIpc) is 2.01. The van der Waals surface area contributed by atoms with Gasteiger partial charge >= 0.3 is 0 Å². The van der Waals surface area contributed by atoms with E-state index in [0.717, 1.165) is 13.0 Å². The molecule has 1 aromatic rings. The molecule has 0 fully saturated rings. The maximum atomic E-state index is 12.9. The van der Waals surface area contributed by atoms with Crippen LogP contribution < -0.4 is 0 Å². The van der Waals surface area contributed by atoms with Crippen LogP contribution in [0.2, 0.25) is 0 Å². The Hall–Kier alpha value is -1.32. The zero-order valence-corrected chi connectivity index (χ0v) is 6.85. The van der Waals surface area contributed by atoms with Gasteiger partial charge in [0.2, 0.25) is 0 Å². The van der Waals surface area contributed by atoms with Crippen LogP contribution in [0.15, 0.2) is 12.1 Å². The zero-order valence-electron chi connectivity index (χ0n) is 6.85. The van der Waals surface area contributed by atoms with Gasteiger partial charge in [0.1, 0.15) is 17.8 Å². The average molecular weight is 188 g/mol. The lowest BCUT2D eigenvalue weighted by Gasteiger charge is -2.06. The molecule has 1 unspecified atom stereocenters. The molecular weight excluding hydrogens is 181 g/mol. The number of hydrogen-bond acceptors (Lipinski definition) is 1. The minimum absolute atomic E-state index is 0.234. The van der Waals surface area contributed by atoms with E-state index in [-0.39, 0.29) is 11.8 Å². The molecule has 1 nitrogen and oxygen atoms in total. The molecule has 0 aliphatic heterocycles. The van der Waals surface area contributed by atoms with E-state index >= 15 is 0 Å². The van der Waals surface area contributed by atoms with E-state index in [1.807, 2.05) is 0 Å². The van der Waals surface area contributed by atoms with Crippen molar-refractivity contribution in [2.45, 2.75) is 13.1 Å². The fraction of sp³-hybridized carbons (Fsp3) is 0.222. The highest BCUT2D eigenvalue weighted by Gasteiger charge is 2.16. The summed E-state index contributed by atoms with van der Waals surface area (Å²) in [5.74, 6) is -1.92. The van der Waals surface area contributed by atoms with Crippen molar-refractivity contribution in [3.05, 3.63) is 34.9 Å². The zero-order chi connectivity index (χ0) is 10.0. The van der Waals surface area contributed by atoms with Crippen molar-refractivity contribution in [3.63, 3.8) is 0 Å². The number of carbonyl (C=O) groups is 1. The van der Waals surface area contributed by atoms with Gasteiger partial charge in [0.25, 0.3) is 0 Å². The van der Waals surface area contributed by atoms with Crippen LogP contribution in [0.1, 0.15) is 29.0 Å². The Labute approximate surface area is 73.2 Å². The standard InChI is InChI=1S/C9H7F3O/c1-5(10)9-6(4-13)2-7(11)3-8(9)12/h2-5H,1H3. The van der Waals surface area contributed by atoms with Gasteiger partial charge in [-0.3, -0.25) is 4.79 Å². The van der Waals surface area contributed by atoms with Crippen LogP contribution >= 0.6 is 0 Å². The third kappa shape index (κ3) is 1.88. The summed E-state index contributed by atoms with van der Waals surface area (Å²) in [5.41, 5.74) is -0.677. The number of benzene rings is 1. The molecule has 70 valence electrons. The predicted octanol–water partition coefficient (Wildman–Crippen LogP) is 2.81. The molecule has 0 aliphatic carbocycles. The van der Waals surface area contributed by atoms with Crippen LogP contribution in [0.5, 0.6) is 0 Å². The van der Waals surface area contributed by atoms with Crippen LogP contribution in [0, 0.1) is 11.6 Å². The molecule has 1 rings (SSSR count). The first-order valence-electron chi connectivity index (χ1n) is 3.64. The van der Waals surface area contributed by atoms with Gasteiger partial charge in [-0.25, -0.2) is 13.2 Å². The molecule has 1 atom stereocenters. The van der Waals surface area contributed by atoms with E-state index in [1.54, 1.807) is 0 Å². The first kappa shape index (κ1) is 9.77. The van der Waals surface area contributed by atoms with Gasteiger partial charge in [0.15, 0.2) is 6.29 Å². The van der Waals surface area contributed by atoms with Gasteiger partial charge in [-0.05, 0) is 13.0 Å². The molecule has 0 bridgehead atoms. The van der Waals surface area contributed by atoms with E-state index in [2.05, 4.69) is 0 Å². The summed E-state index contributed by atoms with van der Waals surface area (Å²) in [6, 6.07) is 1.36. The SMILES string of the molecule is CC(F)c1c(F)cc(F)cc1C=O.